The lowest BCUT2D eigenvalue weighted by Gasteiger charge is -2.12. The summed E-state index contributed by atoms with van der Waals surface area (Å²) in [5.74, 6) is -4.13. The molecule has 2 aromatic rings. The zero-order valence-corrected chi connectivity index (χ0v) is 11.5. The van der Waals surface area contributed by atoms with E-state index in [9.17, 15) is 13.2 Å². The number of rotatable bonds is 3. The van der Waals surface area contributed by atoms with Crippen LogP contribution in [0.4, 0.5) is 24.5 Å². The van der Waals surface area contributed by atoms with Gasteiger partial charge < -0.3 is 11.1 Å². The van der Waals surface area contributed by atoms with E-state index in [0.717, 1.165) is 12.1 Å². The number of nitrogens with one attached hydrogen (secondary N) is 1. The molecule has 0 radical (unpaired) electrons. The quantitative estimate of drug-likeness (QED) is 0.660. The first kappa shape index (κ1) is 14.6. The van der Waals surface area contributed by atoms with Crippen LogP contribution in [0.2, 0.25) is 5.02 Å². The third-order valence-electron chi connectivity index (χ3n) is 2.51. The molecule has 0 saturated carbocycles. The summed E-state index contributed by atoms with van der Waals surface area (Å²) in [5.41, 5.74) is 6.38. The summed E-state index contributed by atoms with van der Waals surface area (Å²) < 4.78 is 39.2. The number of hydrogen-bond acceptors (Lipinski definition) is 2. The molecular weight excluding hydrogens is 309 g/mol. The van der Waals surface area contributed by atoms with Crippen LogP contribution in [0.5, 0.6) is 0 Å². The molecule has 2 nitrogen and oxygen atoms in total. The van der Waals surface area contributed by atoms with Crippen LogP contribution >= 0.6 is 23.8 Å². The van der Waals surface area contributed by atoms with Crippen molar-refractivity contribution in [2.24, 2.45) is 5.73 Å². The van der Waals surface area contributed by atoms with Crippen molar-refractivity contribution in [1.29, 1.82) is 0 Å². The monoisotopic (exact) mass is 316 g/mol. The van der Waals surface area contributed by atoms with Crippen LogP contribution in [0.15, 0.2) is 30.3 Å². The van der Waals surface area contributed by atoms with Crippen molar-refractivity contribution in [2.45, 2.75) is 0 Å². The van der Waals surface area contributed by atoms with Crippen LogP contribution in [0, 0.1) is 17.5 Å². The van der Waals surface area contributed by atoms with E-state index >= 15 is 0 Å². The Hall–Kier alpha value is -1.79. The van der Waals surface area contributed by atoms with Gasteiger partial charge in [-0.15, -0.1) is 0 Å². The van der Waals surface area contributed by atoms with Crippen LogP contribution in [0.3, 0.4) is 0 Å². The lowest BCUT2D eigenvalue weighted by atomic mass is 10.1. The molecule has 0 atom stereocenters. The standard InChI is InChI=1S/C13H8ClF3N2S/c14-6-1-2-8(13(18)20)11(3-6)19-7-4-9(15)12(17)10(16)5-7/h1-5,19H,(H2,18,20). The molecule has 0 aliphatic carbocycles. The molecule has 0 fully saturated rings. The van der Waals surface area contributed by atoms with Crippen molar-refractivity contribution >= 4 is 40.2 Å². The number of thiocarbonyl (C=S) groups is 1. The fraction of sp³-hybridized carbons (Fsp3) is 0. The van der Waals surface area contributed by atoms with Crippen LogP contribution in [-0.2, 0) is 0 Å². The zero-order chi connectivity index (χ0) is 14.9. The van der Waals surface area contributed by atoms with E-state index in [-0.39, 0.29) is 10.7 Å². The summed E-state index contributed by atoms with van der Waals surface area (Å²) in [5, 5.41) is 3.09. The molecule has 20 heavy (non-hydrogen) atoms. The summed E-state index contributed by atoms with van der Waals surface area (Å²) in [7, 11) is 0. The number of benzene rings is 2. The van der Waals surface area contributed by atoms with Crippen LogP contribution in [0.1, 0.15) is 5.56 Å². The molecule has 0 amide bonds. The predicted molar refractivity (Wildman–Crippen MR) is 76.9 cm³/mol. The number of anilines is 2. The van der Waals surface area contributed by atoms with Crippen molar-refractivity contribution in [2.75, 3.05) is 5.32 Å². The SMILES string of the molecule is NC(=S)c1ccc(Cl)cc1Nc1cc(F)c(F)c(F)c1. The Kier molecular flexibility index (Phi) is 4.15. The number of halogens is 4. The van der Waals surface area contributed by atoms with Gasteiger partial charge in [-0.3, -0.25) is 0 Å². The average molecular weight is 317 g/mol. The van der Waals surface area contributed by atoms with Gasteiger partial charge in [0.15, 0.2) is 17.5 Å². The third kappa shape index (κ3) is 3.02. The molecule has 0 saturated heterocycles. The first-order valence-electron chi connectivity index (χ1n) is 5.39. The van der Waals surface area contributed by atoms with E-state index in [2.05, 4.69) is 5.32 Å². The Morgan fingerprint density at radius 2 is 1.70 bits per heavy atom. The van der Waals surface area contributed by atoms with Gasteiger partial charge in [0.25, 0.3) is 0 Å². The largest absolute Gasteiger partial charge is 0.389 e. The highest BCUT2D eigenvalue weighted by Crippen LogP contribution is 2.26. The molecule has 0 aliphatic heterocycles. The molecular formula is C13H8ClF3N2S. The maximum Gasteiger partial charge on any atom is 0.194 e. The number of nitrogens with two attached hydrogens (primary N) is 1. The van der Waals surface area contributed by atoms with Gasteiger partial charge in [0.2, 0.25) is 0 Å². The lowest BCUT2D eigenvalue weighted by Crippen LogP contribution is -2.12. The van der Waals surface area contributed by atoms with Crippen LogP contribution in [-0.4, -0.2) is 4.99 Å². The van der Waals surface area contributed by atoms with Crippen LogP contribution < -0.4 is 11.1 Å². The van der Waals surface area contributed by atoms with Gasteiger partial charge in [0, 0.05) is 28.4 Å². The van der Waals surface area contributed by atoms with E-state index in [1.165, 1.54) is 6.07 Å². The normalized spacial score (nSPS) is 10.4. The Labute approximate surface area is 123 Å². The average Bonchev–Trinajstić information content (AvgIpc) is 2.35. The first-order valence-corrected chi connectivity index (χ1v) is 6.18. The fourth-order valence-electron chi connectivity index (χ4n) is 1.62. The van der Waals surface area contributed by atoms with E-state index in [1.54, 1.807) is 12.1 Å². The molecule has 104 valence electrons. The summed E-state index contributed by atoms with van der Waals surface area (Å²) in [6.45, 7) is 0. The third-order valence-corrected chi connectivity index (χ3v) is 2.96. The molecule has 0 aromatic heterocycles. The second-order valence-corrected chi connectivity index (χ2v) is 4.81. The van der Waals surface area contributed by atoms with Gasteiger partial charge in [-0.05, 0) is 18.2 Å². The maximum atomic E-state index is 13.1. The molecule has 2 rings (SSSR count). The fourth-order valence-corrected chi connectivity index (χ4v) is 1.97. The smallest absolute Gasteiger partial charge is 0.194 e. The first-order chi connectivity index (χ1) is 9.38. The summed E-state index contributed by atoms with van der Waals surface area (Å²) in [4.78, 5) is 0.0900. The second-order valence-electron chi connectivity index (χ2n) is 3.93. The van der Waals surface area contributed by atoms with E-state index in [1.807, 2.05) is 0 Å². The molecule has 0 unspecified atom stereocenters. The minimum absolute atomic E-state index is 0.0150. The van der Waals surface area contributed by atoms with Gasteiger partial charge in [-0.25, -0.2) is 13.2 Å². The number of hydrogen-bond donors (Lipinski definition) is 2. The molecule has 0 aliphatic rings. The topological polar surface area (TPSA) is 38.0 Å². The van der Waals surface area contributed by atoms with E-state index in [0.29, 0.717) is 16.3 Å². The molecule has 2 aromatic carbocycles. The summed E-state index contributed by atoms with van der Waals surface area (Å²) >= 11 is 10.7. The van der Waals surface area contributed by atoms with Gasteiger partial charge in [-0.2, -0.15) is 0 Å². The highest BCUT2D eigenvalue weighted by Gasteiger charge is 2.12. The molecule has 3 N–H and O–H groups in total. The molecule has 0 spiro atoms. The minimum atomic E-state index is -1.53. The van der Waals surface area contributed by atoms with Crippen molar-refractivity contribution in [1.82, 2.24) is 0 Å². The summed E-state index contributed by atoms with van der Waals surface area (Å²) in [6, 6.07) is 6.29. The second kappa shape index (κ2) is 5.68. The van der Waals surface area contributed by atoms with E-state index in [4.69, 9.17) is 29.6 Å². The minimum Gasteiger partial charge on any atom is -0.389 e. The van der Waals surface area contributed by atoms with Gasteiger partial charge in [0.1, 0.15) is 4.99 Å². The Balaban J connectivity index is 2.44. The highest BCUT2D eigenvalue weighted by atomic mass is 35.5. The highest BCUT2D eigenvalue weighted by molar-refractivity contribution is 7.80. The molecule has 7 heteroatoms. The van der Waals surface area contributed by atoms with Crippen molar-refractivity contribution in [3.05, 3.63) is 58.4 Å². The predicted octanol–water partition coefficient (Wildman–Crippen LogP) is 4.14. The Morgan fingerprint density at radius 1 is 1.10 bits per heavy atom. The van der Waals surface area contributed by atoms with E-state index < -0.39 is 17.5 Å². The van der Waals surface area contributed by atoms with Gasteiger partial charge >= 0.3 is 0 Å². The van der Waals surface area contributed by atoms with Crippen molar-refractivity contribution in [3.63, 3.8) is 0 Å². The van der Waals surface area contributed by atoms with Gasteiger partial charge in [-0.1, -0.05) is 23.8 Å². The maximum absolute atomic E-state index is 13.1. The molecule has 0 heterocycles. The van der Waals surface area contributed by atoms with Crippen molar-refractivity contribution < 1.29 is 13.2 Å². The summed E-state index contributed by atoms with van der Waals surface area (Å²) in [6.07, 6.45) is 0. The van der Waals surface area contributed by atoms with Crippen molar-refractivity contribution in [3.8, 4) is 0 Å². The zero-order valence-electron chi connectivity index (χ0n) is 9.88. The van der Waals surface area contributed by atoms with Gasteiger partial charge in [0.05, 0.1) is 5.69 Å². The van der Waals surface area contributed by atoms with Crippen LogP contribution in [0.25, 0.3) is 0 Å². The Bertz CT molecular complexity index is 668. The Morgan fingerprint density at radius 3 is 2.25 bits per heavy atom. The molecule has 0 bridgehead atoms. The lowest BCUT2D eigenvalue weighted by molar-refractivity contribution is 0.448.